The molecule has 1 heterocycles. The molecule has 0 aliphatic carbocycles. The normalized spacial score (nSPS) is 11.2. The van der Waals surface area contributed by atoms with Crippen LogP contribution in [0.4, 0.5) is 0 Å². The van der Waals surface area contributed by atoms with Crippen molar-refractivity contribution >= 4 is 63.0 Å². The van der Waals surface area contributed by atoms with Crippen LogP contribution in [0.2, 0.25) is 10.0 Å². The van der Waals surface area contributed by atoms with Crippen molar-refractivity contribution < 1.29 is 4.79 Å². The Bertz CT molecular complexity index is 1100. The SMILES string of the molecule is Cc1cc(/C=N/NC(=O)CSCc2ccccc2Br)c(C)n1-c1cc(Cl)ccc1Cl. The van der Waals surface area contributed by atoms with E-state index in [1.54, 1.807) is 18.3 Å². The van der Waals surface area contributed by atoms with E-state index in [1.807, 2.05) is 54.8 Å². The van der Waals surface area contributed by atoms with Gasteiger partial charge in [-0.05, 0) is 49.7 Å². The fraction of sp³-hybridized carbons (Fsp3) is 0.182. The number of benzene rings is 2. The van der Waals surface area contributed by atoms with Gasteiger partial charge in [-0.2, -0.15) is 5.10 Å². The van der Waals surface area contributed by atoms with Gasteiger partial charge in [0.15, 0.2) is 0 Å². The number of hydrogen-bond donors (Lipinski definition) is 1. The van der Waals surface area contributed by atoms with Crippen molar-refractivity contribution in [1.82, 2.24) is 9.99 Å². The molecule has 0 atom stereocenters. The molecule has 4 nitrogen and oxygen atoms in total. The van der Waals surface area contributed by atoms with E-state index in [9.17, 15) is 4.79 Å². The van der Waals surface area contributed by atoms with Gasteiger partial charge in [-0.25, -0.2) is 5.43 Å². The lowest BCUT2D eigenvalue weighted by Crippen LogP contribution is -2.19. The number of hydrogen-bond acceptors (Lipinski definition) is 3. The fourth-order valence-electron chi connectivity index (χ4n) is 3.02. The molecule has 0 aliphatic heterocycles. The number of hydrazone groups is 1. The Labute approximate surface area is 198 Å². The van der Waals surface area contributed by atoms with E-state index in [-0.39, 0.29) is 5.91 Å². The zero-order valence-electron chi connectivity index (χ0n) is 16.5. The van der Waals surface area contributed by atoms with Crippen LogP contribution in [0, 0.1) is 13.8 Å². The lowest BCUT2D eigenvalue weighted by atomic mass is 10.2. The molecule has 0 spiro atoms. The Morgan fingerprint density at radius 3 is 2.73 bits per heavy atom. The number of halogens is 3. The van der Waals surface area contributed by atoms with Gasteiger partial charge in [0, 0.05) is 32.2 Å². The van der Waals surface area contributed by atoms with Gasteiger partial charge in [-0.15, -0.1) is 11.8 Å². The summed E-state index contributed by atoms with van der Waals surface area (Å²) in [7, 11) is 0. The summed E-state index contributed by atoms with van der Waals surface area (Å²) in [4.78, 5) is 12.1. The number of amides is 1. The van der Waals surface area contributed by atoms with Crippen molar-refractivity contribution in [2.24, 2.45) is 5.10 Å². The smallest absolute Gasteiger partial charge is 0.250 e. The molecule has 3 aromatic rings. The number of nitrogens with zero attached hydrogens (tertiary/aromatic N) is 2. The highest BCUT2D eigenvalue weighted by Gasteiger charge is 2.13. The summed E-state index contributed by atoms with van der Waals surface area (Å²) in [6, 6.07) is 15.3. The van der Waals surface area contributed by atoms with E-state index < -0.39 is 0 Å². The minimum atomic E-state index is -0.144. The van der Waals surface area contributed by atoms with E-state index in [0.717, 1.165) is 38.4 Å². The predicted octanol–water partition coefficient (Wildman–Crippen LogP) is 6.55. The number of aryl methyl sites for hydroxylation is 1. The summed E-state index contributed by atoms with van der Waals surface area (Å²) in [5, 5.41) is 5.34. The minimum absolute atomic E-state index is 0.144. The first-order valence-corrected chi connectivity index (χ1v) is 11.8. The van der Waals surface area contributed by atoms with Gasteiger partial charge >= 0.3 is 0 Å². The molecule has 1 amide bonds. The first-order valence-electron chi connectivity index (χ1n) is 9.14. The van der Waals surface area contributed by atoms with Crippen molar-refractivity contribution in [3.63, 3.8) is 0 Å². The maximum absolute atomic E-state index is 12.1. The predicted molar refractivity (Wildman–Crippen MR) is 131 cm³/mol. The van der Waals surface area contributed by atoms with Crippen molar-refractivity contribution in [3.05, 3.63) is 85.6 Å². The van der Waals surface area contributed by atoms with Crippen molar-refractivity contribution in [1.29, 1.82) is 0 Å². The van der Waals surface area contributed by atoms with Crippen LogP contribution < -0.4 is 5.43 Å². The molecular weight excluding hydrogens is 505 g/mol. The van der Waals surface area contributed by atoms with Crippen LogP contribution in [-0.2, 0) is 10.5 Å². The molecule has 2 aromatic carbocycles. The van der Waals surface area contributed by atoms with E-state index in [1.165, 1.54) is 11.8 Å². The summed E-state index contributed by atoms with van der Waals surface area (Å²) in [6.07, 6.45) is 1.65. The maximum Gasteiger partial charge on any atom is 0.250 e. The molecule has 1 N–H and O–H groups in total. The van der Waals surface area contributed by atoms with E-state index >= 15 is 0 Å². The fourth-order valence-corrected chi connectivity index (χ4v) is 4.82. The van der Waals surface area contributed by atoms with Crippen LogP contribution in [0.5, 0.6) is 0 Å². The van der Waals surface area contributed by atoms with Crippen LogP contribution in [0.15, 0.2) is 58.1 Å². The first kappa shape index (κ1) is 22.9. The molecular formula is C22H20BrCl2N3OS. The van der Waals surface area contributed by atoms with Crippen LogP contribution in [-0.4, -0.2) is 22.4 Å². The maximum atomic E-state index is 12.1. The van der Waals surface area contributed by atoms with E-state index in [0.29, 0.717) is 15.8 Å². The molecule has 8 heteroatoms. The number of thioether (sulfide) groups is 1. The molecule has 0 unspecified atom stereocenters. The minimum Gasteiger partial charge on any atom is -0.316 e. The van der Waals surface area contributed by atoms with E-state index in [2.05, 4.69) is 26.5 Å². The molecule has 0 saturated heterocycles. The Hall–Kier alpha value is -1.73. The summed E-state index contributed by atoms with van der Waals surface area (Å²) >= 11 is 17.5. The van der Waals surface area contributed by atoms with Gasteiger partial charge < -0.3 is 4.57 Å². The Morgan fingerprint density at radius 1 is 1.20 bits per heavy atom. The molecule has 30 heavy (non-hydrogen) atoms. The first-order chi connectivity index (χ1) is 14.4. The highest BCUT2D eigenvalue weighted by atomic mass is 79.9. The highest BCUT2D eigenvalue weighted by molar-refractivity contribution is 9.10. The van der Waals surface area contributed by atoms with Gasteiger partial charge in [0.2, 0.25) is 5.91 Å². The third-order valence-corrected chi connectivity index (χ3v) is 6.77. The van der Waals surface area contributed by atoms with Crippen LogP contribution >= 0.6 is 50.9 Å². The Balaban J connectivity index is 1.61. The van der Waals surface area contributed by atoms with Crippen molar-refractivity contribution in [2.45, 2.75) is 19.6 Å². The van der Waals surface area contributed by atoms with Gasteiger partial charge in [0.25, 0.3) is 0 Å². The summed E-state index contributed by atoms with van der Waals surface area (Å²) in [5.41, 5.74) is 7.40. The lowest BCUT2D eigenvalue weighted by Gasteiger charge is -2.12. The van der Waals surface area contributed by atoms with Gasteiger partial charge in [-0.3, -0.25) is 4.79 Å². The van der Waals surface area contributed by atoms with Gasteiger partial charge in [-0.1, -0.05) is 57.3 Å². The second-order valence-corrected chi connectivity index (χ2v) is 9.32. The third kappa shape index (κ3) is 5.70. The second kappa shape index (κ2) is 10.5. The number of carbonyl (C=O) groups excluding carboxylic acids is 1. The zero-order valence-corrected chi connectivity index (χ0v) is 20.4. The average Bonchev–Trinajstić information content (AvgIpc) is 2.98. The lowest BCUT2D eigenvalue weighted by molar-refractivity contribution is -0.118. The summed E-state index contributed by atoms with van der Waals surface area (Å²) in [5.74, 6) is 0.936. The number of rotatable bonds is 7. The third-order valence-electron chi connectivity index (χ3n) is 4.46. The molecule has 0 bridgehead atoms. The van der Waals surface area contributed by atoms with Crippen LogP contribution in [0.25, 0.3) is 5.69 Å². The van der Waals surface area contributed by atoms with Crippen molar-refractivity contribution in [2.75, 3.05) is 5.75 Å². The van der Waals surface area contributed by atoms with Crippen LogP contribution in [0.3, 0.4) is 0 Å². The number of nitrogens with one attached hydrogen (secondary N) is 1. The van der Waals surface area contributed by atoms with Gasteiger partial charge in [0.05, 0.1) is 22.7 Å². The number of aromatic nitrogens is 1. The molecule has 0 radical (unpaired) electrons. The topological polar surface area (TPSA) is 46.4 Å². The standard InChI is InChI=1S/C22H20BrCl2N3OS/c1-14-9-17(15(2)28(14)21-10-18(24)7-8-20(21)25)11-26-27-22(29)13-30-12-16-5-3-4-6-19(16)23/h3-11H,12-13H2,1-2H3,(H,27,29)/b26-11+. The highest BCUT2D eigenvalue weighted by Crippen LogP contribution is 2.28. The largest absolute Gasteiger partial charge is 0.316 e. The average molecular weight is 525 g/mol. The zero-order chi connectivity index (χ0) is 21.7. The van der Waals surface area contributed by atoms with Crippen molar-refractivity contribution in [3.8, 4) is 5.69 Å². The number of carbonyl (C=O) groups is 1. The Morgan fingerprint density at radius 2 is 1.97 bits per heavy atom. The molecule has 156 valence electrons. The Kier molecular flexibility index (Phi) is 8.06. The quantitative estimate of drug-likeness (QED) is 0.281. The van der Waals surface area contributed by atoms with Crippen LogP contribution in [0.1, 0.15) is 22.5 Å². The molecule has 3 rings (SSSR count). The molecule has 0 fully saturated rings. The molecule has 0 aliphatic rings. The summed E-state index contributed by atoms with van der Waals surface area (Å²) in [6.45, 7) is 3.96. The molecule has 1 aromatic heterocycles. The molecule has 0 saturated carbocycles. The second-order valence-electron chi connectivity index (χ2n) is 6.64. The summed E-state index contributed by atoms with van der Waals surface area (Å²) < 4.78 is 3.07. The monoisotopic (exact) mass is 523 g/mol. The van der Waals surface area contributed by atoms with E-state index in [4.69, 9.17) is 23.2 Å². The van der Waals surface area contributed by atoms with Gasteiger partial charge in [0.1, 0.15) is 0 Å².